The number of hydrogen-bond donors (Lipinski definition) is 2. The molecule has 0 saturated heterocycles. The predicted octanol–water partition coefficient (Wildman–Crippen LogP) is 2.24. The van der Waals surface area contributed by atoms with E-state index >= 15 is 0 Å². The van der Waals surface area contributed by atoms with E-state index in [1.54, 1.807) is 0 Å². The largest absolute Gasteiger partial charge is 0.495 e. The first-order valence-corrected chi connectivity index (χ1v) is 5.57. The molecule has 1 aromatic rings. The minimum atomic E-state index is -0.922. The second-order valence-corrected chi connectivity index (χ2v) is 4.37. The van der Waals surface area contributed by atoms with Gasteiger partial charge in [0.2, 0.25) is 0 Å². The standard InChI is InChI=1S/C11H14BrNO3/c1-6-3-4-7(12)11(16-2)10(6)8(13)5-9(14)15/h3-4,8H,5,13H2,1-2H3,(H,14,15). The maximum absolute atomic E-state index is 10.6. The first kappa shape index (κ1) is 13.0. The van der Waals surface area contributed by atoms with Crippen LogP contribution in [-0.4, -0.2) is 18.2 Å². The number of nitrogens with two attached hydrogens (primary N) is 1. The molecule has 0 aliphatic rings. The highest BCUT2D eigenvalue weighted by Gasteiger charge is 2.19. The maximum Gasteiger partial charge on any atom is 0.305 e. The summed E-state index contributed by atoms with van der Waals surface area (Å²) in [6.45, 7) is 1.88. The molecule has 0 heterocycles. The van der Waals surface area contributed by atoms with Gasteiger partial charge in [0.25, 0.3) is 0 Å². The van der Waals surface area contributed by atoms with E-state index in [9.17, 15) is 4.79 Å². The Morgan fingerprint density at radius 2 is 2.25 bits per heavy atom. The highest BCUT2D eigenvalue weighted by Crippen LogP contribution is 2.35. The molecule has 3 N–H and O–H groups in total. The zero-order chi connectivity index (χ0) is 12.3. The molecule has 4 nitrogen and oxygen atoms in total. The number of carbonyl (C=O) groups is 1. The summed E-state index contributed by atoms with van der Waals surface area (Å²) in [5, 5.41) is 8.74. The van der Waals surface area contributed by atoms with Gasteiger partial charge < -0.3 is 15.6 Å². The van der Waals surface area contributed by atoms with Gasteiger partial charge in [-0.15, -0.1) is 0 Å². The third kappa shape index (κ3) is 2.74. The Bertz CT molecular complexity index is 406. The van der Waals surface area contributed by atoms with E-state index < -0.39 is 12.0 Å². The summed E-state index contributed by atoms with van der Waals surface area (Å²) in [7, 11) is 1.54. The summed E-state index contributed by atoms with van der Waals surface area (Å²) in [5.74, 6) is -0.317. The Kier molecular flexibility index (Phi) is 4.32. The Morgan fingerprint density at radius 1 is 1.62 bits per heavy atom. The van der Waals surface area contributed by atoms with E-state index in [4.69, 9.17) is 15.6 Å². The monoisotopic (exact) mass is 287 g/mol. The van der Waals surface area contributed by atoms with Crippen LogP contribution in [0.3, 0.4) is 0 Å². The second kappa shape index (κ2) is 5.32. The fourth-order valence-corrected chi connectivity index (χ4v) is 2.14. The number of methoxy groups -OCH3 is 1. The fraction of sp³-hybridized carbons (Fsp3) is 0.364. The van der Waals surface area contributed by atoms with Crippen LogP contribution in [0.25, 0.3) is 0 Å². The number of aryl methyl sites for hydroxylation is 1. The van der Waals surface area contributed by atoms with Crippen LogP contribution in [0.1, 0.15) is 23.6 Å². The molecule has 0 aliphatic heterocycles. The smallest absolute Gasteiger partial charge is 0.305 e. The van der Waals surface area contributed by atoms with Gasteiger partial charge in [-0.1, -0.05) is 6.07 Å². The average molecular weight is 288 g/mol. The summed E-state index contributed by atoms with van der Waals surface area (Å²) >= 11 is 3.35. The zero-order valence-electron chi connectivity index (χ0n) is 9.16. The van der Waals surface area contributed by atoms with Gasteiger partial charge in [-0.3, -0.25) is 4.79 Å². The maximum atomic E-state index is 10.6. The fourth-order valence-electron chi connectivity index (χ4n) is 1.63. The topological polar surface area (TPSA) is 72.5 Å². The lowest BCUT2D eigenvalue weighted by Crippen LogP contribution is -2.17. The number of aliphatic carboxylic acids is 1. The number of carboxylic acid groups (broad SMARTS) is 1. The number of halogens is 1. The molecule has 0 saturated carbocycles. The van der Waals surface area contributed by atoms with E-state index in [2.05, 4.69) is 15.9 Å². The molecule has 5 heteroatoms. The Labute approximate surface area is 103 Å². The average Bonchev–Trinajstić information content (AvgIpc) is 2.19. The van der Waals surface area contributed by atoms with Crippen molar-refractivity contribution in [1.82, 2.24) is 0 Å². The first-order valence-electron chi connectivity index (χ1n) is 4.77. The van der Waals surface area contributed by atoms with Crippen molar-refractivity contribution in [2.24, 2.45) is 5.73 Å². The van der Waals surface area contributed by atoms with Crippen LogP contribution in [0.2, 0.25) is 0 Å². The van der Waals surface area contributed by atoms with Crippen LogP contribution in [-0.2, 0) is 4.79 Å². The van der Waals surface area contributed by atoms with E-state index in [-0.39, 0.29) is 6.42 Å². The van der Waals surface area contributed by atoms with Crippen molar-refractivity contribution in [3.63, 3.8) is 0 Å². The molecular formula is C11H14BrNO3. The minimum Gasteiger partial charge on any atom is -0.495 e. The van der Waals surface area contributed by atoms with Crippen LogP contribution in [0.5, 0.6) is 5.75 Å². The van der Waals surface area contributed by atoms with Crippen molar-refractivity contribution >= 4 is 21.9 Å². The molecule has 0 amide bonds. The second-order valence-electron chi connectivity index (χ2n) is 3.52. The van der Waals surface area contributed by atoms with Gasteiger partial charge in [0.1, 0.15) is 5.75 Å². The van der Waals surface area contributed by atoms with Crippen LogP contribution < -0.4 is 10.5 Å². The minimum absolute atomic E-state index is 0.117. The summed E-state index contributed by atoms with van der Waals surface area (Å²) in [4.78, 5) is 10.6. The van der Waals surface area contributed by atoms with E-state index in [0.717, 1.165) is 15.6 Å². The van der Waals surface area contributed by atoms with Crippen molar-refractivity contribution in [2.45, 2.75) is 19.4 Å². The van der Waals surface area contributed by atoms with Gasteiger partial charge in [-0.05, 0) is 34.5 Å². The third-order valence-corrected chi connectivity index (χ3v) is 2.96. The molecule has 1 atom stereocenters. The van der Waals surface area contributed by atoms with Crippen molar-refractivity contribution in [3.8, 4) is 5.75 Å². The zero-order valence-corrected chi connectivity index (χ0v) is 10.7. The van der Waals surface area contributed by atoms with E-state index in [0.29, 0.717) is 5.75 Å². The normalized spacial score (nSPS) is 12.2. The highest BCUT2D eigenvalue weighted by molar-refractivity contribution is 9.10. The Morgan fingerprint density at radius 3 is 2.75 bits per heavy atom. The SMILES string of the molecule is COc1c(Br)ccc(C)c1C(N)CC(=O)O. The number of rotatable bonds is 4. The van der Waals surface area contributed by atoms with Gasteiger partial charge in [0.15, 0.2) is 0 Å². The molecule has 1 rings (SSSR count). The number of ether oxygens (including phenoxy) is 1. The lowest BCUT2D eigenvalue weighted by Gasteiger charge is -2.18. The van der Waals surface area contributed by atoms with Crippen LogP contribution in [0.15, 0.2) is 16.6 Å². The first-order chi connectivity index (χ1) is 7.47. The quantitative estimate of drug-likeness (QED) is 0.891. The molecule has 0 radical (unpaired) electrons. The van der Waals surface area contributed by atoms with Gasteiger partial charge >= 0.3 is 5.97 Å². The molecule has 0 aliphatic carbocycles. The van der Waals surface area contributed by atoms with Gasteiger partial charge in [-0.25, -0.2) is 0 Å². The van der Waals surface area contributed by atoms with Crippen molar-refractivity contribution < 1.29 is 14.6 Å². The summed E-state index contributed by atoms with van der Waals surface area (Å²) < 4.78 is 6.01. The summed E-state index contributed by atoms with van der Waals surface area (Å²) in [6, 6.07) is 3.17. The van der Waals surface area contributed by atoms with Gasteiger partial charge in [0, 0.05) is 11.6 Å². The number of hydrogen-bond acceptors (Lipinski definition) is 3. The molecule has 16 heavy (non-hydrogen) atoms. The molecule has 0 spiro atoms. The molecule has 0 bridgehead atoms. The van der Waals surface area contributed by atoms with E-state index in [1.165, 1.54) is 7.11 Å². The molecule has 0 aromatic heterocycles. The highest BCUT2D eigenvalue weighted by atomic mass is 79.9. The molecule has 1 unspecified atom stereocenters. The summed E-state index contributed by atoms with van der Waals surface area (Å²) in [5.41, 5.74) is 7.52. The van der Waals surface area contributed by atoms with Crippen molar-refractivity contribution in [2.75, 3.05) is 7.11 Å². The molecule has 88 valence electrons. The number of carboxylic acids is 1. The van der Waals surface area contributed by atoms with E-state index in [1.807, 2.05) is 19.1 Å². The third-order valence-electron chi connectivity index (χ3n) is 2.34. The van der Waals surface area contributed by atoms with Crippen LogP contribution in [0.4, 0.5) is 0 Å². The lowest BCUT2D eigenvalue weighted by molar-refractivity contribution is -0.137. The lowest BCUT2D eigenvalue weighted by atomic mass is 9.98. The Hall–Kier alpha value is -1.07. The molecular weight excluding hydrogens is 274 g/mol. The Balaban J connectivity index is 3.19. The molecule has 0 fully saturated rings. The van der Waals surface area contributed by atoms with Gasteiger partial charge in [-0.2, -0.15) is 0 Å². The predicted molar refractivity (Wildman–Crippen MR) is 64.6 cm³/mol. The number of benzene rings is 1. The molecule has 1 aromatic carbocycles. The summed E-state index contributed by atoms with van der Waals surface area (Å²) in [6.07, 6.45) is -0.117. The van der Waals surface area contributed by atoms with Crippen LogP contribution in [0, 0.1) is 6.92 Å². The van der Waals surface area contributed by atoms with Crippen LogP contribution >= 0.6 is 15.9 Å². The van der Waals surface area contributed by atoms with Crippen molar-refractivity contribution in [1.29, 1.82) is 0 Å². The van der Waals surface area contributed by atoms with Gasteiger partial charge in [0.05, 0.1) is 18.0 Å². The van der Waals surface area contributed by atoms with Crippen molar-refractivity contribution in [3.05, 3.63) is 27.7 Å².